The lowest BCUT2D eigenvalue weighted by Gasteiger charge is -2.14. The zero-order valence-corrected chi connectivity index (χ0v) is 12.8. The molecule has 0 heterocycles. The van der Waals surface area contributed by atoms with Crippen LogP contribution in [0.1, 0.15) is 27.1 Å². The fourth-order valence-electron chi connectivity index (χ4n) is 2.09. The van der Waals surface area contributed by atoms with Gasteiger partial charge in [0.05, 0.1) is 11.9 Å². The molecule has 2 aromatic rings. The highest BCUT2D eigenvalue weighted by Crippen LogP contribution is 2.33. The molecule has 0 fully saturated rings. The van der Waals surface area contributed by atoms with Gasteiger partial charge in [-0.3, -0.25) is 0 Å². The van der Waals surface area contributed by atoms with E-state index in [-0.39, 0.29) is 10.6 Å². The number of rotatable bonds is 3. The molecule has 100 valence electrons. The molecule has 0 radical (unpaired) electrons. The van der Waals surface area contributed by atoms with Crippen molar-refractivity contribution in [3.8, 4) is 5.75 Å². The fraction of sp³-hybridized carbons (Fsp3) is 0.250. The van der Waals surface area contributed by atoms with Crippen LogP contribution in [0.25, 0.3) is 0 Å². The number of ether oxygens (including phenoxy) is 1. The number of hydrogen-bond acceptors (Lipinski definition) is 1. The average molecular weight is 323 g/mol. The molecule has 0 amide bonds. The van der Waals surface area contributed by atoms with Gasteiger partial charge >= 0.3 is 0 Å². The van der Waals surface area contributed by atoms with Crippen molar-refractivity contribution >= 4 is 15.9 Å². The molecule has 0 aliphatic heterocycles. The number of halogens is 2. The maximum atomic E-state index is 13.6. The number of benzene rings is 2. The molecule has 19 heavy (non-hydrogen) atoms. The summed E-state index contributed by atoms with van der Waals surface area (Å²) < 4.78 is 18.8. The van der Waals surface area contributed by atoms with Gasteiger partial charge in [0, 0.05) is 0 Å². The maximum Gasteiger partial charge on any atom is 0.129 e. The van der Waals surface area contributed by atoms with Crippen molar-refractivity contribution in [3.63, 3.8) is 0 Å². The van der Waals surface area contributed by atoms with Crippen LogP contribution in [-0.4, -0.2) is 7.11 Å². The van der Waals surface area contributed by atoms with Gasteiger partial charge in [0.1, 0.15) is 11.6 Å². The smallest absolute Gasteiger partial charge is 0.129 e. The van der Waals surface area contributed by atoms with Gasteiger partial charge in [0.2, 0.25) is 0 Å². The van der Waals surface area contributed by atoms with Crippen LogP contribution >= 0.6 is 15.9 Å². The topological polar surface area (TPSA) is 9.23 Å². The number of alkyl halides is 1. The Morgan fingerprint density at radius 1 is 1.00 bits per heavy atom. The third-order valence-electron chi connectivity index (χ3n) is 3.16. The molecule has 0 saturated heterocycles. The highest BCUT2D eigenvalue weighted by Gasteiger charge is 2.13. The Hall–Kier alpha value is -1.35. The number of hydrogen-bond donors (Lipinski definition) is 0. The zero-order valence-electron chi connectivity index (χ0n) is 11.2. The van der Waals surface area contributed by atoms with Gasteiger partial charge in [-0.15, -0.1) is 0 Å². The molecular formula is C16H16BrFO. The van der Waals surface area contributed by atoms with Gasteiger partial charge in [0.25, 0.3) is 0 Å². The third-order valence-corrected chi connectivity index (χ3v) is 4.22. The highest BCUT2D eigenvalue weighted by atomic mass is 79.9. The summed E-state index contributed by atoms with van der Waals surface area (Å²) in [4.78, 5) is 0.0522. The quantitative estimate of drug-likeness (QED) is 0.727. The van der Waals surface area contributed by atoms with E-state index in [0.717, 1.165) is 16.9 Å². The number of methoxy groups -OCH3 is 1. The molecule has 1 unspecified atom stereocenters. The first kappa shape index (κ1) is 14.1. The summed E-state index contributed by atoms with van der Waals surface area (Å²) in [5.41, 5.74) is 3.52. The second-order valence-corrected chi connectivity index (χ2v) is 5.52. The minimum Gasteiger partial charge on any atom is -0.497 e. The van der Waals surface area contributed by atoms with Crippen molar-refractivity contribution < 1.29 is 9.13 Å². The lowest BCUT2D eigenvalue weighted by molar-refractivity contribution is 0.414. The normalized spacial score (nSPS) is 12.3. The van der Waals surface area contributed by atoms with E-state index in [9.17, 15) is 4.39 Å². The lowest BCUT2D eigenvalue weighted by atomic mass is 10.00. The molecule has 0 bridgehead atoms. The Kier molecular flexibility index (Phi) is 4.25. The molecule has 0 aliphatic carbocycles. The van der Waals surface area contributed by atoms with Crippen LogP contribution in [0.2, 0.25) is 0 Å². The van der Waals surface area contributed by atoms with Gasteiger partial charge in [-0.25, -0.2) is 4.39 Å². The van der Waals surface area contributed by atoms with Crippen LogP contribution in [0.5, 0.6) is 5.75 Å². The van der Waals surface area contributed by atoms with Gasteiger partial charge in [-0.2, -0.15) is 0 Å². The summed E-state index contributed by atoms with van der Waals surface area (Å²) in [6.45, 7) is 3.58. The van der Waals surface area contributed by atoms with Crippen molar-refractivity contribution in [2.45, 2.75) is 18.7 Å². The summed E-state index contributed by atoms with van der Waals surface area (Å²) in [6, 6.07) is 11.6. The Labute approximate surface area is 121 Å². The first-order valence-electron chi connectivity index (χ1n) is 6.07. The van der Waals surface area contributed by atoms with E-state index in [1.165, 1.54) is 0 Å². The van der Waals surface area contributed by atoms with E-state index in [1.807, 2.05) is 36.4 Å². The second-order valence-electron chi connectivity index (χ2n) is 4.60. The Bertz CT molecular complexity index is 555. The number of aryl methyl sites for hydroxylation is 2. The molecule has 1 nitrogen and oxygen atoms in total. The second kappa shape index (κ2) is 5.74. The average Bonchev–Trinajstić information content (AvgIpc) is 2.43. The van der Waals surface area contributed by atoms with Gasteiger partial charge in [-0.05, 0) is 48.2 Å². The molecule has 0 aliphatic rings. The Morgan fingerprint density at radius 3 is 2.00 bits per heavy atom. The van der Waals surface area contributed by atoms with Crippen LogP contribution in [0.3, 0.4) is 0 Å². The summed E-state index contributed by atoms with van der Waals surface area (Å²) in [6.07, 6.45) is 0. The van der Waals surface area contributed by atoms with Crippen molar-refractivity contribution in [1.82, 2.24) is 0 Å². The maximum absolute atomic E-state index is 13.6. The van der Waals surface area contributed by atoms with Crippen molar-refractivity contribution in [2.24, 2.45) is 0 Å². The highest BCUT2D eigenvalue weighted by molar-refractivity contribution is 9.09. The molecule has 0 spiro atoms. The summed E-state index contributed by atoms with van der Waals surface area (Å²) in [7, 11) is 1.65. The zero-order chi connectivity index (χ0) is 14.0. The van der Waals surface area contributed by atoms with E-state index in [1.54, 1.807) is 21.0 Å². The van der Waals surface area contributed by atoms with Gasteiger partial charge in [0.15, 0.2) is 0 Å². The minimum atomic E-state index is -0.127. The summed E-state index contributed by atoms with van der Waals surface area (Å²) in [5, 5.41) is 0. The molecule has 2 rings (SSSR count). The van der Waals surface area contributed by atoms with E-state index in [2.05, 4.69) is 15.9 Å². The van der Waals surface area contributed by atoms with Crippen LogP contribution in [0, 0.1) is 19.7 Å². The standard InChI is InChI=1S/C16H16BrFO/c1-10-8-13(9-11(2)16(10)18)15(17)12-4-6-14(19-3)7-5-12/h4-9,15H,1-3H3. The lowest BCUT2D eigenvalue weighted by Crippen LogP contribution is -1.97. The molecule has 2 aromatic carbocycles. The first-order chi connectivity index (χ1) is 9.02. The van der Waals surface area contributed by atoms with Crippen molar-refractivity contribution in [1.29, 1.82) is 0 Å². The largest absolute Gasteiger partial charge is 0.497 e. The molecule has 0 saturated carbocycles. The SMILES string of the molecule is COc1ccc(C(Br)c2cc(C)c(F)c(C)c2)cc1. The fourth-order valence-corrected chi connectivity index (χ4v) is 2.66. The monoisotopic (exact) mass is 322 g/mol. The molecule has 1 atom stereocenters. The minimum absolute atomic E-state index is 0.0522. The Morgan fingerprint density at radius 2 is 1.53 bits per heavy atom. The van der Waals surface area contributed by atoms with Gasteiger partial charge < -0.3 is 4.74 Å². The van der Waals surface area contributed by atoms with Crippen LogP contribution in [0.4, 0.5) is 4.39 Å². The molecule has 0 N–H and O–H groups in total. The van der Waals surface area contributed by atoms with Crippen molar-refractivity contribution in [3.05, 3.63) is 64.5 Å². The van der Waals surface area contributed by atoms with Crippen LogP contribution < -0.4 is 4.74 Å². The predicted molar refractivity (Wildman–Crippen MR) is 79.6 cm³/mol. The van der Waals surface area contributed by atoms with Crippen molar-refractivity contribution in [2.75, 3.05) is 7.11 Å². The molecule has 0 aromatic heterocycles. The van der Waals surface area contributed by atoms with E-state index in [0.29, 0.717) is 11.1 Å². The summed E-state index contributed by atoms with van der Waals surface area (Å²) in [5.74, 6) is 0.702. The Balaban J connectivity index is 2.35. The summed E-state index contributed by atoms with van der Waals surface area (Å²) >= 11 is 3.67. The van der Waals surface area contributed by atoms with E-state index < -0.39 is 0 Å². The van der Waals surface area contributed by atoms with Gasteiger partial charge in [-0.1, -0.05) is 40.2 Å². The van der Waals surface area contributed by atoms with E-state index >= 15 is 0 Å². The molecular weight excluding hydrogens is 307 g/mol. The first-order valence-corrected chi connectivity index (χ1v) is 6.99. The molecule has 3 heteroatoms. The third kappa shape index (κ3) is 2.98. The van der Waals surface area contributed by atoms with E-state index in [4.69, 9.17) is 4.74 Å². The van der Waals surface area contributed by atoms with Crippen LogP contribution in [0.15, 0.2) is 36.4 Å². The predicted octanol–water partition coefficient (Wildman–Crippen LogP) is 4.94. The van der Waals surface area contributed by atoms with Crippen LogP contribution in [-0.2, 0) is 0 Å².